The Bertz CT molecular complexity index is 1550. The molecule has 4 aromatic rings. The molecular weight excluding hydrogens is 394 g/mol. The van der Waals surface area contributed by atoms with Crippen molar-refractivity contribution < 1.29 is 14.7 Å². The number of carbonyl (C=O) groups is 2. The summed E-state index contributed by atoms with van der Waals surface area (Å²) in [7, 11) is 0. The third kappa shape index (κ3) is 2.67. The predicted octanol–water partition coefficient (Wildman–Crippen LogP) is 2.08. The van der Waals surface area contributed by atoms with Crippen LogP contribution in [0.1, 0.15) is 24.1 Å². The molecule has 0 saturated carbocycles. The average molecular weight is 411 g/mol. The van der Waals surface area contributed by atoms with Crippen LogP contribution in [0.5, 0.6) is 5.88 Å². The third-order valence-electron chi connectivity index (χ3n) is 5.72. The van der Waals surface area contributed by atoms with Crippen LogP contribution in [0.25, 0.3) is 27.2 Å². The summed E-state index contributed by atoms with van der Waals surface area (Å²) in [6.07, 6.45) is 0. The van der Waals surface area contributed by atoms with Crippen LogP contribution in [0, 0.1) is 5.41 Å². The van der Waals surface area contributed by atoms with Crippen molar-refractivity contribution in [2.24, 2.45) is 0 Å². The number of aromatic amines is 1. The molecule has 152 valence electrons. The lowest BCUT2D eigenvalue weighted by Crippen LogP contribution is -2.44. The van der Waals surface area contributed by atoms with E-state index in [1.54, 1.807) is 24.3 Å². The fourth-order valence-corrected chi connectivity index (χ4v) is 4.22. The molecule has 1 aliphatic rings. The molecule has 0 spiro atoms. The molecule has 3 aromatic carbocycles. The van der Waals surface area contributed by atoms with Crippen LogP contribution < -0.4 is 16.1 Å². The zero-order valence-corrected chi connectivity index (χ0v) is 16.4. The number of carbonyl (C=O) groups excluding carboxylic acids is 2. The number of H-pyrrole nitrogens is 1. The summed E-state index contributed by atoms with van der Waals surface area (Å²) in [6.45, 7) is 1.84. The molecular formula is C24H17N3O4. The quantitative estimate of drug-likeness (QED) is 0.385. The molecule has 4 N–H and O–H groups in total. The van der Waals surface area contributed by atoms with Crippen molar-refractivity contribution in [2.45, 2.75) is 13.0 Å². The SMILES string of the molecule is CC(NC1=c2c(cc3cccc4c(O)[nH]c(=O)c2c34)C(=N)C(=O)C1=O)c1ccccc1. The summed E-state index contributed by atoms with van der Waals surface area (Å²) in [4.78, 5) is 40.9. The summed E-state index contributed by atoms with van der Waals surface area (Å²) in [5.74, 6) is -2.06. The number of hydrogen-bond donors (Lipinski definition) is 4. The van der Waals surface area contributed by atoms with Crippen molar-refractivity contribution in [3.8, 4) is 5.88 Å². The molecule has 1 atom stereocenters. The molecule has 0 aliphatic heterocycles. The minimum absolute atomic E-state index is 0.0180. The van der Waals surface area contributed by atoms with E-state index < -0.39 is 22.8 Å². The Hall–Kier alpha value is -4.26. The summed E-state index contributed by atoms with van der Waals surface area (Å²) >= 11 is 0. The number of hydrogen-bond acceptors (Lipinski definition) is 6. The molecule has 0 amide bonds. The van der Waals surface area contributed by atoms with Crippen molar-refractivity contribution in [3.63, 3.8) is 0 Å². The second kappa shape index (κ2) is 6.63. The zero-order valence-electron chi connectivity index (χ0n) is 16.4. The number of Topliss-reactive ketones (excluding diaryl/α,β-unsaturated/α-hetero) is 2. The number of aromatic hydroxyl groups is 1. The monoisotopic (exact) mass is 411 g/mol. The number of fused-ring (bicyclic) bond motifs is 2. The highest BCUT2D eigenvalue weighted by molar-refractivity contribution is 6.75. The number of nitrogens with one attached hydrogen (secondary N) is 3. The van der Waals surface area contributed by atoms with E-state index in [-0.39, 0.29) is 33.8 Å². The molecule has 0 bridgehead atoms. The van der Waals surface area contributed by atoms with E-state index in [1.807, 2.05) is 37.3 Å². The van der Waals surface area contributed by atoms with E-state index in [4.69, 9.17) is 5.41 Å². The van der Waals surface area contributed by atoms with Crippen molar-refractivity contribution in [1.82, 2.24) is 10.3 Å². The number of ketones is 2. The van der Waals surface area contributed by atoms with Gasteiger partial charge in [0.2, 0.25) is 0 Å². The number of pyridine rings is 1. The van der Waals surface area contributed by atoms with Crippen LogP contribution in [0.3, 0.4) is 0 Å². The first kappa shape index (κ1) is 18.7. The summed E-state index contributed by atoms with van der Waals surface area (Å²) in [6, 6.07) is 15.8. The minimum atomic E-state index is -0.927. The van der Waals surface area contributed by atoms with Crippen LogP contribution >= 0.6 is 0 Å². The average Bonchev–Trinajstić information content (AvgIpc) is 2.78. The maximum absolute atomic E-state index is 13.0. The van der Waals surface area contributed by atoms with Gasteiger partial charge in [0.15, 0.2) is 5.88 Å². The lowest BCUT2D eigenvalue weighted by molar-refractivity contribution is -0.129. The normalized spacial score (nSPS) is 14.9. The van der Waals surface area contributed by atoms with E-state index in [1.165, 1.54) is 0 Å². The summed E-state index contributed by atoms with van der Waals surface area (Å²) in [5, 5.41) is 23.5. The van der Waals surface area contributed by atoms with Gasteiger partial charge in [0, 0.05) is 27.6 Å². The third-order valence-corrected chi connectivity index (χ3v) is 5.72. The highest BCUT2D eigenvalue weighted by atomic mass is 16.3. The number of benzene rings is 3. The van der Waals surface area contributed by atoms with Gasteiger partial charge in [0.1, 0.15) is 5.71 Å². The Balaban J connectivity index is 1.93. The van der Waals surface area contributed by atoms with E-state index in [2.05, 4.69) is 10.3 Å². The van der Waals surface area contributed by atoms with E-state index >= 15 is 0 Å². The van der Waals surface area contributed by atoms with Crippen LogP contribution in [0.2, 0.25) is 0 Å². The first-order valence-corrected chi connectivity index (χ1v) is 9.72. The number of rotatable bonds is 3. The summed E-state index contributed by atoms with van der Waals surface area (Å²) < 4.78 is 0. The van der Waals surface area contributed by atoms with Gasteiger partial charge in [-0.15, -0.1) is 0 Å². The Morgan fingerprint density at radius 2 is 1.71 bits per heavy atom. The molecule has 1 heterocycles. The van der Waals surface area contributed by atoms with Gasteiger partial charge in [0.05, 0.1) is 11.1 Å². The van der Waals surface area contributed by atoms with Gasteiger partial charge < -0.3 is 10.4 Å². The second-order valence-corrected chi connectivity index (χ2v) is 7.57. The molecule has 1 aliphatic carbocycles. The second-order valence-electron chi connectivity index (χ2n) is 7.57. The zero-order chi connectivity index (χ0) is 21.9. The van der Waals surface area contributed by atoms with Crippen LogP contribution in [-0.4, -0.2) is 27.4 Å². The van der Waals surface area contributed by atoms with E-state index in [0.29, 0.717) is 16.2 Å². The van der Waals surface area contributed by atoms with Gasteiger partial charge in [-0.1, -0.05) is 42.5 Å². The van der Waals surface area contributed by atoms with E-state index in [0.717, 1.165) is 5.56 Å². The Morgan fingerprint density at radius 3 is 2.45 bits per heavy atom. The number of aromatic nitrogens is 1. The minimum Gasteiger partial charge on any atom is -0.494 e. The Morgan fingerprint density at radius 1 is 0.968 bits per heavy atom. The van der Waals surface area contributed by atoms with Gasteiger partial charge in [-0.2, -0.15) is 0 Å². The molecule has 0 radical (unpaired) electrons. The molecule has 31 heavy (non-hydrogen) atoms. The van der Waals surface area contributed by atoms with Gasteiger partial charge >= 0.3 is 0 Å². The van der Waals surface area contributed by atoms with Gasteiger partial charge in [-0.3, -0.25) is 24.8 Å². The van der Waals surface area contributed by atoms with E-state index in [9.17, 15) is 19.5 Å². The maximum Gasteiger partial charge on any atom is 0.259 e. The van der Waals surface area contributed by atoms with Gasteiger partial charge in [0.25, 0.3) is 17.1 Å². The van der Waals surface area contributed by atoms with Crippen molar-refractivity contribution in [3.05, 3.63) is 81.3 Å². The lowest BCUT2D eigenvalue weighted by atomic mass is 9.87. The highest BCUT2D eigenvalue weighted by Crippen LogP contribution is 2.29. The molecule has 7 nitrogen and oxygen atoms in total. The van der Waals surface area contributed by atoms with Crippen LogP contribution in [0.4, 0.5) is 0 Å². The van der Waals surface area contributed by atoms with Crippen molar-refractivity contribution in [2.75, 3.05) is 0 Å². The van der Waals surface area contributed by atoms with Crippen molar-refractivity contribution >= 4 is 44.5 Å². The highest BCUT2D eigenvalue weighted by Gasteiger charge is 2.34. The van der Waals surface area contributed by atoms with Gasteiger partial charge in [-0.05, 0) is 30.0 Å². The molecule has 0 fully saturated rings. The molecule has 7 heteroatoms. The fraction of sp³-hybridized carbons (Fsp3) is 0.0833. The first-order valence-electron chi connectivity index (χ1n) is 9.72. The van der Waals surface area contributed by atoms with Gasteiger partial charge in [-0.25, -0.2) is 0 Å². The summed E-state index contributed by atoms with van der Waals surface area (Å²) in [5.41, 5.74) is 0.0369. The molecule has 0 saturated heterocycles. The Labute approximate surface area is 175 Å². The lowest BCUT2D eigenvalue weighted by Gasteiger charge is -2.22. The molecule has 1 unspecified atom stereocenters. The molecule has 5 rings (SSSR count). The maximum atomic E-state index is 13.0. The molecule has 1 aromatic heterocycles. The predicted molar refractivity (Wildman–Crippen MR) is 117 cm³/mol. The topological polar surface area (TPSA) is 123 Å². The van der Waals surface area contributed by atoms with Crippen molar-refractivity contribution in [1.29, 1.82) is 5.41 Å². The first-order chi connectivity index (χ1) is 14.9. The Kier molecular flexibility index (Phi) is 4.01. The largest absolute Gasteiger partial charge is 0.494 e. The fourth-order valence-electron chi connectivity index (χ4n) is 4.22. The standard InChI is InChI=1S/C24H17N3O4/c1-11(12-6-3-2-4-7-12)26-20-17-15(19(25)21(28)22(20)29)10-13-8-5-9-14-16(13)18(17)24(31)27-23(14)30/h2-11,25-26H,1H3,(H2,27,30,31). The smallest absolute Gasteiger partial charge is 0.259 e. The van der Waals surface area contributed by atoms with Crippen LogP contribution in [0.15, 0.2) is 59.4 Å². The van der Waals surface area contributed by atoms with Crippen LogP contribution in [-0.2, 0) is 9.59 Å².